The number of ether oxygens (including phenoxy) is 6. The van der Waals surface area contributed by atoms with E-state index in [-0.39, 0.29) is 18.4 Å². The first kappa shape index (κ1) is 22.2. The molecule has 4 atom stereocenters. The lowest BCUT2D eigenvalue weighted by molar-refractivity contribution is -0.157. The van der Waals surface area contributed by atoms with Crippen LogP contribution in [-0.4, -0.2) is 58.3 Å². The minimum absolute atomic E-state index is 0.171. The fraction of sp³-hybridized carbons (Fsp3) is 0.458. The highest BCUT2D eigenvalue weighted by Gasteiger charge is 2.59. The second-order valence-electron chi connectivity index (χ2n) is 8.02. The van der Waals surface area contributed by atoms with E-state index in [1.165, 1.54) is 6.92 Å². The number of methoxy groups -OCH3 is 4. The summed E-state index contributed by atoms with van der Waals surface area (Å²) >= 11 is 0. The molecule has 1 fully saturated rings. The van der Waals surface area contributed by atoms with Crippen molar-refractivity contribution in [2.75, 3.05) is 41.7 Å². The van der Waals surface area contributed by atoms with Gasteiger partial charge in [-0.25, -0.2) is 0 Å². The molecule has 4 rings (SSSR count). The van der Waals surface area contributed by atoms with Crippen LogP contribution in [0.4, 0.5) is 0 Å². The lowest BCUT2D eigenvalue weighted by Gasteiger charge is -2.43. The number of fused-ring (bicyclic) bond motifs is 4. The Balaban J connectivity index is 1.92. The van der Waals surface area contributed by atoms with Crippen molar-refractivity contribution in [3.63, 3.8) is 0 Å². The van der Waals surface area contributed by atoms with Gasteiger partial charge in [0, 0.05) is 18.8 Å². The van der Waals surface area contributed by atoms with Gasteiger partial charge in [0.25, 0.3) is 0 Å². The quantitative estimate of drug-likeness (QED) is 0.652. The van der Waals surface area contributed by atoms with Gasteiger partial charge in [-0.1, -0.05) is 6.07 Å². The summed E-state index contributed by atoms with van der Waals surface area (Å²) in [5.74, 6) is 1.20. The first-order valence-corrected chi connectivity index (χ1v) is 10.3. The average molecular weight is 444 g/mol. The van der Waals surface area contributed by atoms with Gasteiger partial charge in [-0.05, 0) is 41.0 Å². The summed E-state index contributed by atoms with van der Waals surface area (Å²) in [6, 6.07) is 9.43. The Morgan fingerprint density at radius 3 is 2.16 bits per heavy atom. The molecular weight excluding hydrogens is 416 g/mol. The number of esters is 1. The number of benzene rings is 2. The highest BCUT2D eigenvalue weighted by Crippen LogP contribution is 2.58. The summed E-state index contributed by atoms with van der Waals surface area (Å²) in [5, 5.41) is 11.8. The van der Waals surface area contributed by atoms with E-state index < -0.39 is 17.7 Å². The number of carbonyl (C=O) groups is 1. The SMILES string of the molecule is COc1ccc([C@H]2c3cc(OC)c(OC)cc3[C@H]3OC[C@@H]2[C@]3(O)COC(C)=O)cc1OC. The van der Waals surface area contributed by atoms with Gasteiger partial charge in [0.15, 0.2) is 23.0 Å². The molecule has 2 aliphatic rings. The van der Waals surface area contributed by atoms with Gasteiger partial charge in [0.1, 0.15) is 18.3 Å². The van der Waals surface area contributed by atoms with Crippen LogP contribution in [0.2, 0.25) is 0 Å². The summed E-state index contributed by atoms with van der Waals surface area (Å²) in [4.78, 5) is 11.6. The average Bonchev–Trinajstić information content (AvgIpc) is 3.03. The molecule has 0 amide bonds. The largest absolute Gasteiger partial charge is 0.493 e. The molecule has 172 valence electrons. The normalized spacial score (nSPS) is 25.6. The van der Waals surface area contributed by atoms with Crippen LogP contribution < -0.4 is 18.9 Å². The molecule has 2 bridgehead atoms. The summed E-state index contributed by atoms with van der Waals surface area (Å²) < 4.78 is 33.3. The summed E-state index contributed by atoms with van der Waals surface area (Å²) in [5.41, 5.74) is 1.22. The van der Waals surface area contributed by atoms with Crippen LogP contribution in [-0.2, 0) is 14.3 Å². The molecule has 1 saturated heterocycles. The van der Waals surface area contributed by atoms with Crippen molar-refractivity contribution < 1.29 is 38.3 Å². The molecule has 1 N–H and O–H groups in total. The maximum absolute atomic E-state index is 11.8. The van der Waals surface area contributed by atoms with Crippen molar-refractivity contribution in [3.8, 4) is 23.0 Å². The summed E-state index contributed by atoms with van der Waals surface area (Å²) in [6.07, 6.45) is -0.668. The smallest absolute Gasteiger partial charge is 0.302 e. The Bertz CT molecular complexity index is 1020. The number of carbonyl (C=O) groups excluding carboxylic acids is 1. The Hall–Kier alpha value is -2.97. The lowest BCUT2D eigenvalue weighted by atomic mass is 9.64. The molecule has 8 nitrogen and oxygen atoms in total. The lowest BCUT2D eigenvalue weighted by Crippen LogP contribution is -2.49. The molecule has 1 heterocycles. The topological polar surface area (TPSA) is 92.7 Å². The maximum atomic E-state index is 11.8. The first-order valence-electron chi connectivity index (χ1n) is 10.3. The Morgan fingerprint density at radius 1 is 0.969 bits per heavy atom. The fourth-order valence-corrected chi connectivity index (χ4v) is 4.91. The number of rotatable bonds is 7. The van der Waals surface area contributed by atoms with E-state index >= 15 is 0 Å². The van der Waals surface area contributed by atoms with Gasteiger partial charge >= 0.3 is 5.97 Å². The van der Waals surface area contributed by atoms with Crippen molar-refractivity contribution in [2.24, 2.45) is 5.92 Å². The van der Waals surface area contributed by atoms with Gasteiger partial charge < -0.3 is 33.5 Å². The molecule has 0 aromatic heterocycles. The maximum Gasteiger partial charge on any atom is 0.302 e. The van der Waals surface area contributed by atoms with Gasteiger partial charge in [-0.15, -0.1) is 0 Å². The molecule has 0 spiro atoms. The van der Waals surface area contributed by atoms with Crippen LogP contribution in [0.25, 0.3) is 0 Å². The van der Waals surface area contributed by atoms with E-state index in [9.17, 15) is 9.90 Å². The highest BCUT2D eigenvalue weighted by molar-refractivity contribution is 5.66. The molecule has 2 aromatic rings. The van der Waals surface area contributed by atoms with Crippen molar-refractivity contribution >= 4 is 5.97 Å². The zero-order chi connectivity index (χ0) is 23.0. The number of hydrogen-bond acceptors (Lipinski definition) is 8. The Kier molecular flexibility index (Phi) is 5.92. The predicted molar refractivity (Wildman–Crippen MR) is 115 cm³/mol. The van der Waals surface area contributed by atoms with Gasteiger partial charge in [-0.3, -0.25) is 4.79 Å². The van der Waals surface area contributed by atoms with E-state index in [0.717, 1.165) is 16.7 Å². The van der Waals surface area contributed by atoms with Crippen LogP contribution in [0, 0.1) is 5.92 Å². The zero-order valence-corrected chi connectivity index (χ0v) is 18.8. The number of aliphatic hydroxyl groups is 1. The van der Waals surface area contributed by atoms with Crippen LogP contribution in [0.15, 0.2) is 30.3 Å². The second kappa shape index (κ2) is 8.52. The van der Waals surface area contributed by atoms with E-state index in [0.29, 0.717) is 29.6 Å². The monoisotopic (exact) mass is 444 g/mol. The summed E-state index contributed by atoms with van der Waals surface area (Å²) in [6.45, 7) is 1.44. The van der Waals surface area contributed by atoms with Gasteiger partial charge in [0.2, 0.25) is 0 Å². The standard InChI is InChI=1S/C24H28O8/c1-13(25)32-12-24(26)17-11-31-23(24)16-10-21(30-5)20(29-4)9-15(16)22(17)14-6-7-18(27-2)19(8-14)28-3/h6-10,17,22-23,26H,11-12H2,1-5H3/t17-,22-,23+,24+/m0/s1. The van der Waals surface area contributed by atoms with Gasteiger partial charge in [0.05, 0.1) is 35.0 Å². The summed E-state index contributed by atoms with van der Waals surface area (Å²) in [7, 11) is 6.30. The van der Waals surface area contributed by atoms with Crippen molar-refractivity contribution in [1.29, 1.82) is 0 Å². The first-order chi connectivity index (χ1) is 15.4. The van der Waals surface area contributed by atoms with E-state index in [1.54, 1.807) is 28.4 Å². The predicted octanol–water partition coefficient (Wildman–Crippen LogP) is 2.85. The zero-order valence-electron chi connectivity index (χ0n) is 18.8. The Labute approximate surface area is 186 Å². The fourth-order valence-electron chi connectivity index (χ4n) is 4.91. The Morgan fingerprint density at radius 2 is 1.56 bits per heavy atom. The third-order valence-corrected chi connectivity index (χ3v) is 6.42. The number of hydrogen-bond donors (Lipinski definition) is 1. The second-order valence-corrected chi connectivity index (χ2v) is 8.02. The van der Waals surface area contributed by atoms with E-state index in [1.807, 2.05) is 30.3 Å². The molecule has 1 aliphatic carbocycles. The van der Waals surface area contributed by atoms with Crippen molar-refractivity contribution in [2.45, 2.75) is 24.5 Å². The highest BCUT2D eigenvalue weighted by atomic mass is 16.6. The molecule has 2 aromatic carbocycles. The van der Waals surface area contributed by atoms with Crippen LogP contribution >= 0.6 is 0 Å². The molecule has 0 saturated carbocycles. The minimum Gasteiger partial charge on any atom is -0.493 e. The third kappa shape index (κ3) is 3.43. The molecule has 0 unspecified atom stereocenters. The van der Waals surface area contributed by atoms with E-state index in [2.05, 4.69) is 0 Å². The van der Waals surface area contributed by atoms with Crippen LogP contribution in [0.1, 0.15) is 35.6 Å². The van der Waals surface area contributed by atoms with Crippen molar-refractivity contribution in [3.05, 3.63) is 47.0 Å². The van der Waals surface area contributed by atoms with Crippen molar-refractivity contribution in [1.82, 2.24) is 0 Å². The van der Waals surface area contributed by atoms with Crippen LogP contribution in [0.5, 0.6) is 23.0 Å². The van der Waals surface area contributed by atoms with Gasteiger partial charge in [-0.2, -0.15) is 0 Å². The minimum atomic E-state index is -1.41. The van der Waals surface area contributed by atoms with Crippen LogP contribution in [0.3, 0.4) is 0 Å². The third-order valence-electron chi connectivity index (χ3n) is 6.42. The molecule has 1 aliphatic heterocycles. The molecular formula is C24H28O8. The molecule has 8 heteroatoms. The molecule has 0 radical (unpaired) electrons. The molecule has 32 heavy (non-hydrogen) atoms. The van der Waals surface area contributed by atoms with E-state index in [4.69, 9.17) is 28.4 Å².